The molecule has 1 unspecified atom stereocenters. The number of nitrogens with two attached hydrogens (primary N) is 1. The molecule has 1 atom stereocenters. The Morgan fingerprint density at radius 1 is 1.39 bits per heavy atom. The van der Waals surface area contributed by atoms with E-state index in [1.165, 1.54) is 12.8 Å². The van der Waals surface area contributed by atoms with E-state index in [-0.39, 0.29) is 11.9 Å². The zero-order chi connectivity index (χ0) is 13.0. The van der Waals surface area contributed by atoms with Crippen LogP contribution in [0.4, 0.5) is 0 Å². The molecule has 0 aromatic carbocycles. The predicted octanol–water partition coefficient (Wildman–Crippen LogP) is 0.700. The molecule has 0 radical (unpaired) electrons. The van der Waals surface area contributed by atoms with Crippen molar-refractivity contribution in [1.82, 2.24) is 19.9 Å². The molecule has 1 amide bonds. The molecular formula is C12H21N5O. The number of amides is 1. The van der Waals surface area contributed by atoms with Crippen LogP contribution in [0.5, 0.6) is 0 Å². The number of aromatic nitrogens is 3. The average Bonchev–Trinajstić information content (AvgIpc) is 2.71. The Balaban J connectivity index is 2.02. The molecule has 0 bridgehead atoms. The average molecular weight is 251 g/mol. The minimum absolute atomic E-state index is 0.130. The first-order chi connectivity index (χ1) is 8.72. The third kappa shape index (κ3) is 2.87. The van der Waals surface area contributed by atoms with Gasteiger partial charge in [-0.1, -0.05) is 18.1 Å². The van der Waals surface area contributed by atoms with Crippen LogP contribution in [0.25, 0.3) is 0 Å². The number of hydrogen-bond donors (Lipinski definition) is 1. The van der Waals surface area contributed by atoms with Crippen LogP contribution in [0, 0.1) is 0 Å². The summed E-state index contributed by atoms with van der Waals surface area (Å²) in [5, 5.41) is 7.88. The molecule has 1 fully saturated rings. The second kappa shape index (κ2) is 5.95. The number of carbonyl (C=O) groups excluding carboxylic acids is 1. The highest BCUT2D eigenvalue weighted by Gasteiger charge is 2.23. The summed E-state index contributed by atoms with van der Waals surface area (Å²) in [6, 6.07) is -0.295. The van der Waals surface area contributed by atoms with Gasteiger partial charge < -0.3 is 10.6 Å². The molecule has 1 aliphatic rings. The predicted molar refractivity (Wildman–Crippen MR) is 67.7 cm³/mol. The summed E-state index contributed by atoms with van der Waals surface area (Å²) < 4.78 is 1.61. The van der Waals surface area contributed by atoms with Crippen LogP contribution in [0.15, 0.2) is 6.20 Å². The fourth-order valence-corrected chi connectivity index (χ4v) is 2.26. The molecule has 100 valence electrons. The number of likely N-dealkylation sites (tertiary alicyclic amines) is 1. The molecule has 2 rings (SSSR count). The Kier molecular flexibility index (Phi) is 4.30. The van der Waals surface area contributed by atoms with Gasteiger partial charge in [-0.2, -0.15) is 0 Å². The Morgan fingerprint density at radius 3 is 2.61 bits per heavy atom. The highest BCUT2D eigenvalue weighted by Crippen LogP contribution is 2.15. The molecule has 0 aliphatic carbocycles. The summed E-state index contributed by atoms with van der Waals surface area (Å²) >= 11 is 0. The van der Waals surface area contributed by atoms with Gasteiger partial charge >= 0.3 is 0 Å². The number of hydrogen-bond acceptors (Lipinski definition) is 4. The zero-order valence-corrected chi connectivity index (χ0v) is 10.9. The number of carbonyl (C=O) groups is 1. The van der Waals surface area contributed by atoms with Crippen LogP contribution in [-0.2, 0) is 11.3 Å². The fourth-order valence-electron chi connectivity index (χ4n) is 2.26. The van der Waals surface area contributed by atoms with E-state index in [0.29, 0.717) is 12.2 Å². The van der Waals surface area contributed by atoms with Crippen molar-refractivity contribution in [2.24, 2.45) is 5.73 Å². The number of nitrogens with zero attached hydrogens (tertiary/aromatic N) is 4. The van der Waals surface area contributed by atoms with Gasteiger partial charge in [0.25, 0.3) is 0 Å². The van der Waals surface area contributed by atoms with Gasteiger partial charge in [0.05, 0.1) is 11.9 Å². The van der Waals surface area contributed by atoms with Crippen molar-refractivity contribution in [2.45, 2.75) is 45.2 Å². The van der Waals surface area contributed by atoms with Gasteiger partial charge in [-0.05, 0) is 19.8 Å². The summed E-state index contributed by atoms with van der Waals surface area (Å²) in [4.78, 5) is 14.3. The molecule has 1 aromatic rings. The molecule has 6 heteroatoms. The lowest BCUT2D eigenvalue weighted by molar-refractivity contribution is -0.134. The maximum atomic E-state index is 12.4. The second-order valence-electron chi connectivity index (χ2n) is 4.81. The first kappa shape index (κ1) is 13.0. The summed E-state index contributed by atoms with van der Waals surface area (Å²) in [5.41, 5.74) is 6.21. The number of rotatable bonds is 3. The third-order valence-corrected chi connectivity index (χ3v) is 3.44. The van der Waals surface area contributed by atoms with E-state index >= 15 is 0 Å². The van der Waals surface area contributed by atoms with Crippen molar-refractivity contribution in [2.75, 3.05) is 13.1 Å². The topological polar surface area (TPSA) is 77.0 Å². The Labute approximate surface area is 107 Å². The molecule has 2 heterocycles. The molecule has 0 spiro atoms. The van der Waals surface area contributed by atoms with Crippen LogP contribution >= 0.6 is 0 Å². The van der Waals surface area contributed by atoms with Gasteiger partial charge in [0, 0.05) is 19.6 Å². The van der Waals surface area contributed by atoms with E-state index in [1.54, 1.807) is 10.9 Å². The van der Waals surface area contributed by atoms with Crippen LogP contribution in [-0.4, -0.2) is 38.9 Å². The Bertz CT molecular complexity index is 395. The van der Waals surface area contributed by atoms with Gasteiger partial charge in [-0.25, -0.2) is 4.68 Å². The van der Waals surface area contributed by atoms with Crippen molar-refractivity contribution < 1.29 is 4.79 Å². The maximum absolute atomic E-state index is 12.4. The van der Waals surface area contributed by atoms with Crippen LogP contribution < -0.4 is 5.73 Å². The van der Waals surface area contributed by atoms with Crippen LogP contribution in [0.2, 0.25) is 0 Å². The molecule has 1 saturated heterocycles. The standard InChI is InChI=1S/C12H21N5O/c1-10(17-9-11(8-13)14-15-17)12(18)16-6-4-2-3-5-7-16/h9-10H,2-8,13H2,1H3. The molecule has 0 saturated carbocycles. The van der Waals surface area contributed by atoms with E-state index in [0.717, 1.165) is 25.9 Å². The van der Waals surface area contributed by atoms with Gasteiger partial charge in [0.2, 0.25) is 5.91 Å². The SMILES string of the molecule is CC(C(=O)N1CCCCCC1)n1cc(CN)nn1. The first-order valence-corrected chi connectivity index (χ1v) is 6.62. The molecule has 6 nitrogen and oxygen atoms in total. The van der Waals surface area contributed by atoms with E-state index in [2.05, 4.69) is 10.3 Å². The van der Waals surface area contributed by atoms with Crippen molar-refractivity contribution in [3.8, 4) is 0 Å². The van der Waals surface area contributed by atoms with E-state index in [4.69, 9.17) is 5.73 Å². The van der Waals surface area contributed by atoms with E-state index in [1.807, 2.05) is 11.8 Å². The zero-order valence-electron chi connectivity index (χ0n) is 10.9. The van der Waals surface area contributed by atoms with Gasteiger partial charge in [-0.3, -0.25) is 4.79 Å². The summed E-state index contributed by atoms with van der Waals surface area (Å²) in [6.07, 6.45) is 6.39. The molecule has 2 N–H and O–H groups in total. The lowest BCUT2D eigenvalue weighted by Gasteiger charge is -2.23. The highest BCUT2D eigenvalue weighted by atomic mass is 16.2. The molecule has 18 heavy (non-hydrogen) atoms. The smallest absolute Gasteiger partial charge is 0.247 e. The Hall–Kier alpha value is -1.43. The largest absolute Gasteiger partial charge is 0.341 e. The monoisotopic (exact) mass is 251 g/mol. The molecular weight excluding hydrogens is 230 g/mol. The van der Waals surface area contributed by atoms with Crippen LogP contribution in [0.3, 0.4) is 0 Å². The second-order valence-corrected chi connectivity index (χ2v) is 4.81. The summed E-state index contributed by atoms with van der Waals surface area (Å²) in [5.74, 6) is 0.130. The summed E-state index contributed by atoms with van der Waals surface area (Å²) in [6.45, 7) is 3.94. The minimum Gasteiger partial charge on any atom is -0.341 e. The van der Waals surface area contributed by atoms with Crippen molar-refractivity contribution in [3.05, 3.63) is 11.9 Å². The first-order valence-electron chi connectivity index (χ1n) is 6.62. The van der Waals surface area contributed by atoms with Gasteiger partial charge in [0.15, 0.2) is 0 Å². The van der Waals surface area contributed by atoms with E-state index in [9.17, 15) is 4.79 Å². The lowest BCUT2D eigenvalue weighted by Crippen LogP contribution is -2.37. The van der Waals surface area contributed by atoms with E-state index < -0.39 is 0 Å². The molecule has 1 aliphatic heterocycles. The van der Waals surface area contributed by atoms with Crippen LogP contribution in [0.1, 0.15) is 44.3 Å². The Morgan fingerprint density at radius 2 is 2.06 bits per heavy atom. The lowest BCUT2D eigenvalue weighted by atomic mass is 10.2. The highest BCUT2D eigenvalue weighted by molar-refractivity contribution is 5.80. The van der Waals surface area contributed by atoms with Crippen molar-refractivity contribution in [3.63, 3.8) is 0 Å². The normalized spacial score (nSPS) is 18.4. The maximum Gasteiger partial charge on any atom is 0.247 e. The minimum atomic E-state index is -0.295. The van der Waals surface area contributed by atoms with Crippen molar-refractivity contribution >= 4 is 5.91 Å². The fraction of sp³-hybridized carbons (Fsp3) is 0.750. The summed E-state index contributed by atoms with van der Waals surface area (Å²) in [7, 11) is 0. The van der Waals surface area contributed by atoms with Gasteiger partial charge in [0.1, 0.15) is 6.04 Å². The third-order valence-electron chi connectivity index (χ3n) is 3.44. The quantitative estimate of drug-likeness (QED) is 0.858. The van der Waals surface area contributed by atoms with Crippen molar-refractivity contribution in [1.29, 1.82) is 0 Å². The van der Waals surface area contributed by atoms with Gasteiger partial charge in [-0.15, -0.1) is 5.10 Å². The molecule has 1 aromatic heterocycles.